The summed E-state index contributed by atoms with van der Waals surface area (Å²) < 4.78 is 5.73. The number of carbonyl (C=O) groups excluding carboxylic acids is 1. The maximum absolute atomic E-state index is 12.0. The van der Waals surface area contributed by atoms with Crippen molar-refractivity contribution in [2.45, 2.75) is 12.5 Å². The zero-order chi connectivity index (χ0) is 13.4. The first kappa shape index (κ1) is 11.6. The number of ketones is 1. The smallest absolute Gasteiger partial charge is 0.170 e. The molecule has 4 heteroatoms. The molecule has 2 aromatic carbocycles. The predicted octanol–water partition coefficient (Wildman–Crippen LogP) is 2.80. The molecule has 1 aliphatic heterocycles. The number of rotatable bonds is 1. The Morgan fingerprint density at radius 2 is 1.89 bits per heavy atom. The van der Waals surface area contributed by atoms with Gasteiger partial charge in [0.1, 0.15) is 23.4 Å². The normalized spacial score (nSPS) is 17.7. The largest absolute Gasteiger partial charge is 0.508 e. The molecule has 19 heavy (non-hydrogen) atoms. The summed E-state index contributed by atoms with van der Waals surface area (Å²) in [7, 11) is 0. The van der Waals surface area contributed by atoms with E-state index in [9.17, 15) is 15.0 Å². The summed E-state index contributed by atoms with van der Waals surface area (Å²) in [5.41, 5.74) is 0.973. The van der Waals surface area contributed by atoms with E-state index in [1.165, 1.54) is 18.2 Å². The van der Waals surface area contributed by atoms with Gasteiger partial charge in [-0.25, -0.2) is 0 Å². The minimum absolute atomic E-state index is 0.00924. The molecule has 96 valence electrons. The van der Waals surface area contributed by atoms with Crippen LogP contribution in [0, 0.1) is 0 Å². The molecule has 0 aliphatic carbocycles. The first-order chi connectivity index (χ1) is 9.15. The fraction of sp³-hybridized carbons (Fsp3) is 0.133. The zero-order valence-corrected chi connectivity index (χ0v) is 10.0. The van der Waals surface area contributed by atoms with Crippen LogP contribution in [0.1, 0.15) is 28.4 Å². The molecule has 0 saturated carbocycles. The molecule has 1 atom stereocenters. The molecule has 0 fully saturated rings. The maximum atomic E-state index is 12.0. The van der Waals surface area contributed by atoms with Gasteiger partial charge in [0.2, 0.25) is 0 Å². The van der Waals surface area contributed by atoms with Crippen LogP contribution in [0.25, 0.3) is 0 Å². The topological polar surface area (TPSA) is 66.8 Å². The lowest BCUT2D eigenvalue weighted by atomic mass is 9.96. The number of aromatic hydroxyl groups is 2. The van der Waals surface area contributed by atoms with Crippen molar-refractivity contribution >= 4 is 5.78 Å². The number of phenolic OH excluding ortho intramolecular Hbond substituents is 2. The highest BCUT2D eigenvalue weighted by Crippen LogP contribution is 2.38. The van der Waals surface area contributed by atoms with E-state index in [1.807, 2.05) is 0 Å². The van der Waals surface area contributed by atoms with Gasteiger partial charge >= 0.3 is 0 Å². The number of para-hydroxylation sites is 1. The summed E-state index contributed by atoms with van der Waals surface area (Å²) in [6.45, 7) is 0. The van der Waals surface area contributed by atoms with Crippen molar-refractivity contribution in [1.82, 2.24) is 0 Å². The number of fused-ring (bicyclic) bond motifs is 1. The van der Waals surface area contributed by atoms with E-state index in [0.717, 1.165) is 0 Å². The molecule has 2 N–H and O–H groups in total. The third-order valence-electron chi connectivity index (χ3n) is 3.19. The Morgan fingerprint density at radius 3 is 2.74 bits per heavy atom. The number of ether oxygens (including phenoxy) is 1. The quantitative estimate of drug-likeness (QED) is 0.770. The minimum atomic E-state index is -0.575. The average molecular weight is 256 g/mol. The van der Waals surface area contributed by atoms with Gasteiger partial charge < -0.3 is 14.9 Å². The standard InChI is InChI=1S/C15H12O4/c16-9-5-6-12(17)11(7-9)15-8-13(18)10-3-1-2-4-14(10)19-15/h1-7,15-17H,8H2. The molecule has 4 nitrogen and oxygen atoms in total. The second kappa shape index (κ2) is 4.31. The predicted molar refractivity (Wildman–Crippen MR) is 68.5 cm³/mol. The second-order valence-corrected chi connectivity index (χ2v) is 4.47. The van der Waals surface area contributed by atoms with Gasteiger partial charge in [-0.15, -0.1) is 0 Å². The lowest BCUT2D eigenvalue weighted by Crippen LogP contribution is -2.20. The molecule has 1 heterocycles. The Labute approximate surface area is 109 Å². The number of hydrogen-bond donors (Lipinski definition) is 2. The molecular formula is C15H12O4. The van der Waals surface area contributed by atoms with Crippen LogP contribution in [-0.4, -0.2) is 16.0 Å². The Kier molecular flexibility index (Phi) is 2.63. The molecule has 0 saturated heterocycles. The highest BCUT2D eigenvalue weighted by molar-refractivity contribution is 6.00. The van der Waals surface area contributed by atoms with Gasteiger partial charge in [-0.1, -0.05) is 12.1 Å². The zero-order valence-electron chi connectivity index (χ0n) is 10.0. The van der Waals surface area contributed by atoms with Gasteiger partial charge in [0.15, 0.2) is 5.78 Å². The van der Waals surface area contributed by atoms with Crippen molar-refractivity contribution in [1.29, 1.82) is 0 Å². The molecule has 0 spiro atoms. The van der Waals surface area contributed by atoms with Crippen LogP contribution in [0.4, 0.5) is 0 Å². The first-order valence-corrected chi connectivity index (χ1v) is 5.96. The van der Waals surface area contributed by atoms with E-state index in [4.69, 9.17) is 4.74 Å². The number of benzene rings is 2. The maximum Gasteiger partial charge on any atom is 0.170 e. The number of Topliss-reactive ketones (excluding diaryl/α,β-unsaturated/α-hetero) is 1. The van der Waals surface area contributed by atoms with Gasteiger partial charge in [-0.3, -0.25) is 4.79 Å². The Hall–Kier alpha value is -2.49. The van der Waals surface area contributed by atoms with Crippen LogP contribution in [0.3, 0.4) is 0 Å². The van der Waals surface area contributed by atoms with Gasteiger partial charge in [0.25, 0.3) is 0 Å². The summed E-state index contributed by atoms with van der Waals surface area (Å²) >= 11 is 0. The van der Waals surface area contributed by atoms with E-state index in [-0.39, 0.29) is 23.7 Å². The fourth-order valence-corrected chi connectivity index (χ4v) is 2.25. The summed E-state index contributed by atoms with van der Waals surface area (Å²) in [5, 5.41) is 19.3. The van der Waals surface area contributed by atoms with Crippen molar-refractivity contribution in [3.63, 3.8) is 0 Å². The molecule has 1 unspecified atom stereocenters. The van der Waals surface area contributed by atoms with E-state index in [0.29, 0.717) is 16.9 Å². The summed E-state index contributed by atoms with van der Waals surface area (Å²) in [6.07, 6.45) is -0.428. The second-order valence-electron chi connectivity index (χ2n) is 4.47. The van der Waals surface area contributed by atoms with Crippen molar-refractivity contribution < 1.29 is 19.7 Å². The Morgan fingerprint density at radius 1 is 1.11 bits per heavy atom. The molecule has 1 aliphatic rings. The number of carbonyl (C=O) groups is 1. The van der Waals surface area contributed by atoms with Crippen molar-refractivity contribution in [3.05, 3.63) is 53.6 Å². The van der Waals surface area contributed by atoms with Gasteiger partial charge in [0.05, 0.1) is 12.0 Å². The lowest BCUT2D eigenvalue weighted by Gasteiger charge is -2.25. The first-order valence-electron chi connectivity index (χ1n) is 5.96. The van der Waals surface area contributed by atoms with Crippen molar-refractivity contribution in [2.24, 2.45) is 0 Å². The lowest BCUT2D eigenvalue weighted by molar-refractivity contribution is 0.0847. The molecule has 2 aromatic rings. The molecule has 0 bridgehead atoms. The van der Waals surface area contributed by atoms with Gasteiger partial charge in [-0.2, -0.15) is 0 Å². The fourth-order valence-electron chi connectivity index (χ4n) is 2.25. The highest BCUT2D eigenvalue weighted by atomic mass is 16.5. The molecule has 0 amide bonds. The van der Waals surface area contributed by atoms with Crippen LogP contribution < -0.4 is 4.74 Å². The minimum Gasteiger partial charge on any atom is -0.508 e. The van der Waals surface area contributed by atoms with Crippen LogP contribution in [-0.2, 0) is 0 Å². The Balaban J connectivity index is 2.01. The van der Waals surface area contributed by atoms with Crippen LogP contribution in [0.15, 0.2) is 42.5 Å². The monoisotopic (exact) mass is 256 g/mol. The van der Waals surface area contributed by atoms with Crippen LogP contribution >= 0.6 is 0 Å². The van der Waals surface area contributed by atoms with Crippen molar-refractivity contribution in [2.75, 3.05) is 0 Å². The third kappa shape index (κ3) is 2.01. The average Bonchev–Trinajstić information content (AvgIpc) is 2.41. The molecular weight excluding hydrogens is 244 g/mol. The SMILES string of the molecule is O=C1CC(c2cc(O)ccc2O)Oc2ccccc21. The summed E-state index contributed by atoms with van der Waals surface area (Å²) in [5.74, 6) is 0.513. The highest BCUT2D eigenvalue weighted by Gasteiger charge is 2.29. The third-order valence-corrected chi connectivity index (χ3v) is 3.19. The Bertz CT molecular complexity index is 648. The van der Waals surface area contributed by atoms with Crippen LogP contribution in [0.5, 0.6) is 17.2 Å². The van der Waals surface area contributed by atoms with Gasteiger partial charge in [0, 0.05) is 5.56 Å². The van der Waals surface area contributed by atoms with E-state index >= 15 is 0 Å². The number of hydrogen-bond acceptors (Lipinski definition) is 4. The van der Waals surface area contributed by atoms with Crippen molar-refractivity contribution in [3.8, 4) is 17.2 Å². The van der Waals surface area contributed by atoms with E-state index in [2.05, 4.69) is 0 Å². The van der Waals surface area contributed by atoms with E-state index in [1.54, 1.807) is 24.3 Å². The van der Waals surface area contributed by atoms with Gasteiger partial charge in [-0.05, 0) is 30.3 Å². The molecule has 3 rings (SSSR count). The van der Waals surface area contributed by atoms with E-state index < -0.39 is 6.10 Å². The molecule has 0 radical (unpaired) electrons. The summed E-state index contributed by atoms with van der Waals surface area (Å²) in [6, 6.07) is 11.2. The number of phenols is 2. The summed E-state index contributed by atoms with van der Waals surface area (Å²) in [4.78, 5) is 12.0. The molecule has 0 aromatic heterocycles. The van der Waals surface area contributed by atoms with Crippen LogP contribution in [0.2, 0.25) is 0 Å².